The van der Waals surface area contributed by atoms with Gasteiger partial charge in [-0.2, -0.15) is 0 Å². The second kappa shape index (κ2) is 4.57. The predicted octanol–water partition coefficient (Wildman–Crippen LogP) is 4.62. The summed E-state index contributed by atoms with van der Waals surface area (Å²) >= 11 is 1.56. The molecule has 21 heavy (non-hydrogen) atoms. The van der Waals surface area contributed by atoms with Crippen LogP contribution >= 0.6 is 11.3 Å². The zero-order chi connectivity index (χ0) is 14.4. The van der Waals surface area contributed by atoms with E-state index >= 15 is 0 Å². The molecule has 0 radical (unpaired) electrons. The summed E-state index contributed by atoms with van der Waals surface area (Å²) in [5.41, 5.74) is 1.86. The van der Waals surface area contributed by atoms with Crippen LogP contribution in [-0.2, 0) is 7.05 Å². The molecule has 0 amide bonds. The minimum Gasteiger partial charge on any atom is -0.350 e. The van der Waals surface area contributed by atoms with Crippen LogP contribution in [0.4, 0.5) is 0 Å². The fraction of sp³-hybridized carbons (Fsp3) is 0.0556. The Bertz CT molecular complexity index is 944. The van der Waals surface area contributed by atoms with Crippen molar-refractivity contribution < 1.29 is 4.79 Å². The maximum Gasteiger partial charge on any atom is 0.205 e. The lowest BCUT2D eigenvalue weighted by atomic mass is 10.1. The molecular formula is C18H13NOS. The van der Waals surface area contributed by atoms with Crippen LogP contribution in [0, 0.1) is 0 Å². The van der Waals surface area contributed by atoms with E-state index < -0.39 is 0 Å². The Morgan fingerprint density at radius 1 is 1.05 bits per heavy atom. The highest BCUT2D eigenvalue weighted by Gasteiger charge is 2.17. The molecule has 0 bridgehead atoms. The van der Waals surface area contributed by atoms with Crippen LogP contribution < -0.4 is 0 Å². The number of carbonyl (C=O) groups is 1. The van der Waals surface area contributed by atoms with Gasteiger partial charge in [0.2, 0.25) is 5.78 Å². The Morgan fingerprint density at radius 2 is 1.81 bits per heavy atom. The van der Waals surface area contributed by atoms with Crippen molar-refractivity contribution in [3.63, 3.8) is 0 Å². The van der Waals surface area contributed by atoms with Gasteiger partial charge < -0.3 is 4.57 Å². The number of rotatable bonds is 2. The standard InChI is InChI=1S/C18H13NOS/c1-19-11-14(13-7-3-4-8-15(13)19)18(20)17-10-12-6-2-5-9-16(12)21-17/h2-11H,1H3. The topological polar surface area (TPSA) is 22.0 Å². The van der Waals surface area contributed by atoms with Crippen LogP contribution in [0.25, 0.3) is 21.0 Å². The number of nitrogens with zero attached hydrogens (tertiary/aromatic N) is 1. The molecule has 3 heteroatoms. The van der Waals surface area contributed by atoms with Crippen LogP contribution in [-0.4, -0.2) is 10.4 Å². The van der Waals surface area contributed by atoms with Crippen LogP contribution in [0.2, 0.25) is 0 Å². The Balaban J connectivity index is 1.90. The minimum absolute atomic E-state index is 0.105. The normalized spacial score (nSPS) is 11.3. The van der Waals surface area contributed by atoms with Crippen LogP contribution in [0.15, 0.2) is 60.8 Å². The molecule has 4 aromatic rings. The van der Waals surface area contributed by atoms with Crippen molar-refractivity contribution in [2.24, 2.45) is 7.05 Å². The van der Waals surface area contributed by atoms with Crippen molar-refractivity contribution in [1.82, 2.24) is 4.57 Å². The Kier molecular flexibility index (Phi) is 2.69. The Labute approximate surface area is 126 Å². The van der Waals surface area contributed by atoms with E-state index in [0.717, 1.165) is 31.4 Å². The first kappa shape index (κ1) is 12.4. The number of aromatic nitrogens is 1. The van der Waals surface area contributed by atoms with Crippen molar-refractivity contribution in [2.75, 3.05) is 0 Å². The fourth-order valence-corrected chi connectivity index (χ4v) is 3.77. The summed E-state index contributed by atoms with van der Waals surface area (Å²) in [5, 5.41) is 2.15. The first-order valence-electron chi connectivity index (χ1n) is 6.81. The third kappa shape index (κ3) is 1.89. The number of para-hydroxylation sites is 1. The summed E-state index contributed by atoms with van der Waals surface area (Å²) in [7, 11) is 1.98. The number of fused-ring (bicyclic) bond motifs is 2. The van der Waals surface area contributed by atoms with Gasteiger partial charge in [-0.25, -0.2) is 0 Å². The number of thiophene rings is 1. The monoisotopic (exact) mass is 291 g/mol. The summed E-state index contributed by atoms with van der Waals surface area (Å²) in [6, 6.07) is 18.1. The Morgan fingerprint density at radius 3 is 2.67 bits per heavy atom. The van der Waals surface area contributed by atoms with E-state index in [0.29, 0.717) is 0 Å². The Hall–Kier alpha value is -2.39. The summed E-state index contributed by atoms with van der Waals surface area (Å²) in [6.45, 7) is 0. The quantitative estimate of drug-likeness (QED) is 0.494. The number of hydrogen-bond donors (Lipinski definition) is 0. The van der Waals surface area contributed by atoms with E-state index in [2.05, 4.69) is 6.07 Å². The van der Waals surface area contributed by atoms with Crippen LogP contribution in [0.1, 0.15) is 15.2 Å². The number of benzene rings is 2. The molecule has 2 aromatic heterocycles. The number of aryl methyl sites for hydroxylation is 1. The lowest BCUT2D eigenvalue weighted by Crippen LogP contribution is -1.97. The van der Waals surface area contributed by atoms with Crippen molar-refractivity contribution in [3.8, 4) is 0 Å². The van der Waals surface area contributed by atoms with Gasteiger partial charge in [0, 0.05) is 34.4 Å². The van der Waals surface area contributed by atoms with Gasteiger partial charge >= 0.3 is 0 Å². The van der Waals surface area contributed by atoms with Gasteiger partial charge in [-0.3, -0.25) is 4.79 Å². The van der Waals surface area contributed by atoms with Gasteiger partial charge in [0.1, 0.15) is 0 Å². The summed E-state index contributed by atoms with van der Waals surface area (Å²) in [5.74, 6) is 0.105. The van der Waals surface area contributed by atoms with E-state index in [1.807, 2.05) is 66.3 Å². The highest BCUT2D eigenvalue weighted by Crippen LogP contribution is 2.29. The van der Waals surface area contributed by atoms with E-state index in [9.17, 15) is 4.79 Å². The summed E-state index contributed by atoms with van der Waals surface area (Å²) in [6.07, 6.45) is 1.93. The SMILES string of the molecule is Cn1cc(C(=O)c2cc3ccccc3s2)c2ccccc21. The number of ketones is 1. The van der Waals surface area contributed by atoms with Crippen molar-refractivity contribution in [1.29, 1.82) is 0 Å². The molecule has 0 N–H and O–H groups in total. The molecule has 2 heterocycles. The van der Waals surface area contributed by atoms with Gasteiger partial charge in [-0.15, -0.1) is 11.3 Å². The minimum atomic E-state index is 0.105. The van der Waals surface area contributed by atoms with Gasteiger partial charge in [0.05, 0.1) is 4.88 Å². The third-order valence-corrected chi connectivity index (χ3v) is 4.91. The van der Waals surface area contributed by atoms with Crippen LogP contribution in [0.5, 0.6) is 0 Å². The van der Waals surface area contributed by atoms with E-state index in [1.165, 1.54) is 0 Å². The van der Waals surface area contributed by atoms with Gasteiger partial charge in [-0.1, -0.05) is 36.4 Å². The number of carbonyl (C=O) groups excluding carboxylic acids is 1. The van der Waals surface area contributed by atoms with Crippen molar-refractivity contribution >= 4 is 38.1 Å². The lowest BCUT2D eigenvalue weighted by Gasteiger charge is -1.95. The maximum absolute atomic E-state index is 12.8. The third-order valence-electron chi connectivity index (χ3n) is 3.79. The molecule has 0 fully saturated rings. The first-order valence-corrected chi connectivity index (χ1v) is 7.63. The molecule has 0 saturated carbocycles. The van der Waals surface area contributed by atoms with E-state index in [4.69, 9.17) is 0 Å². The molecule has 0 aliphatic carbocycles. The molecule has 0 unspecified atom stereocenters. The van der Waals surface area contributed by atoms with Crippen molar-refractivity contribution in [2.45, 2.75) is 0 Å². The zero-order valence-electron chi connectivity index (χ0n) is 11.5. The number of hydrogen-bond acceptors (Lipinski definition) is 2. The molecule has 0 saturated heterocycles. The summed E-state index contributed by atoms with van der Waals surface area (Å²) in [4.78, 5) is 13.6. The molecule has 0 spiro atoms. The molecule has 2 aromatic carbocycles. The summed E-state index contributed by atoms with van der Waals surface area (Å²) < 4.78 is 3.16. The van der Waals surface area contributed by atoms with E-state index in [-0.39, 0.29) is 5.78 Å². The van der Waals surface area contributed by atoms with Gasteiger partial charge in [0.25, 0.3) is 0 Å². The molecule has 4 rings (SSSR count). The average molecular weight is 291 g/mol. The fourth-order valence-electron chi connectivity index (χ4n) is 2.75. The predicted molar refractivity (Wildman–Crippen MR) is 88.2 cm³/mol. The highest BCUT2D eigenvalue weighted by molar-refractivity contribution is 7.21. The molecule has 0 aliphatic heterocycles. The first-order chi connectivity index (χ1) is 10.2. The molecule has 0 aliphatic rings. The second-order valence-corrected chi connectivity index (χ2v) is 6.23. The molecule has 102 valence electrons. The van der Waals surface area contributed by atoms with Gasteiger partial charge in [-0.05, 0) is 23.6 Å². The zero-order valence-corrected chi connectivity index (χ0v) is 12.4. The smallest absolute Gasteiger partial charge is 0.205 e. The van der Waals surface area contributed by atoms with Crippen LogP contribution in [0.3, 0.4) is 0 Å². The largest absolute Gasteiger partial charge is 0.350 e. The van der Waals surface area contributed by atoms with Gasteiger partial charge in [0.15, 0.2) is 0 Å². The lowest BCUT2D eigenvalue weighted by molar-refractivity contribution is 0.104. The maximum atomic E-state index is 12.8. The highest BCUT2D eigenvalue weighted by atomic mass is 32.1. The van der Waals surface area contributed by atoms with Crippen molar-refractivity contribution in [3.05, 3.63) is 71.2 Å². The molecule has 2 nitrogen and oxygen atoms in total. The average Bonchev–Trinajstić information content (AvgIpc) is 3.09. The molecule has 0 atom stereocenters. The second-order valence-electron chi connectivity index (χ2n) is 5.15. The molecular weight excluding hydrogens is 278 g/mol. The van der Waals surface area contributed by atoms with E-state index in [1.54, 1.807) is 11.3 Å².